The summed E-state index contributed by atoms with van der Waals surface area (Å²) in [6.07, 6.45) is 1.66. The summed E-state index contributed by atoms with van der Waals surface area (Å²) in [6, 6.07) is 0. The van der Waals surface area contributed by atoms with Crippen LogP contribution in [-0.2, 0) is 42.9 Å². The monoisotopic (exact) mass is 434 g/mol. The summed E-state index contributed by atoms with van der Waals surface area (Å²) in [5, 5.41) is 2.63. The molecular formula is C19H34N2O9. The van der Waals surface area contributed by atoms with E-state index in [1.807, 2.05) is 6.92 Å². The standard InChI is InChI=1S/C19H34N2O9/c1-4-6-17(23)21(8-11-29-18(24)13-26-3)9-12-30-19(25)14-28-15-27-10-5-7-20-16(2)22/h4-15H2,1-3H3,(H,20,22). The van der Waals surface area contributed by atoms with E-state index < -0.39 is 11.9 Å². The third kappa shape index (κ3) is 16.7. The second kappa shape index (κ2) is 18.8. The fraction of sp³-hybridized carbons (Fsp3) is 0.789. The number of esters is 2. The first-order valence-corrected chi connectivity index (χ1v) is 9.88. The van der Waals surface area contributed by atoms with Gasteiger partial charge in [-0.15, -0.1) is 0 Å². The molecule has 30 heavy (non-hydrogen) atoms. The summed E-state index contributed by atoms with van der Waals surface area (Å²) in [7, 11) is 1.39. The van der Waals surface area contributed by atoms with Gasteiger partial charge in [0.1, 0.15) is 33.2 Å². The van der Waals surface area contributed by atoms with Gasteiger partial charge in [0.2, 0.25) is 11.8 Å². The minimum atomic E-state index is -0.578. The van der Waals surface area contributed by atoms with E-state index >= 15 is 0 Å². The van der Waals surface area contributed by atoms with Crippen molar-refractivity contribution in [3.63, 3.8) is 0 Å². The number of methoxy groups -OCH3 is 1. The summed E-state index contributed by atoms with van der Waals surface area (Å²) in [5.74, 6) is -1.30. The summed E-state index contributed by atoms with van der Waals surface area (Å²) >= 11 is 0. The average molecular weight is 434 g/mol. The highest BCUT2D eigenvalue weighted by Gasteiger charge is 2.14. The van der Waals surface area contributed by atoms with Gasteiger partial charge in [0.05, 0.1) is 19.7 Å². The smallest absolute Gasteiger partial charge is 0.332 e. The fourth-order valence-corrected chi connectivity index (χ4v) is 2.16. The molecule has 1 N–H and O–H groups in total. The molecule has 0 atom stereocenters. The SMILES string of the molecule is CCCC(=O)N(CCOC(=O)COC)CCOC(=O)COCOCCCNC(C)=O. The molecule has 11 heteroatoms. The molecule has 0 heterocycles. The first kappa shape index (κ1) is 27.8. The molecule has 0 fully saturated rings. The third-order valence-corrected chi connectivity index (χ3v) is 3.55. The van der Waals surface area contributed by atoms with Gasteiger partial charge in [0.15, 0.2) is 0 Å². The molecule has 0 aliphatic heterocycles. The van der Waals surface area contributed by atoms with Gasteiger partial charge >= 0.3 is 11.9 Å². The van der Waals surface area contributed by atoms with Crippen LogP contribution in [-0.4, -0.2) is 95.2 Å². The van der Waals surface area contributed by atoms with Crippen molar-refractivity contribution in [3.8, 4) is 0 Å². The predicted octanol–water partition coefficient (Wildman–Crippen LogP) is -0.135. The Balaban J connectivity index is 3.95. The Morgan fingerprint density at radius 1 is 0.900 bits per heavy atom. The Hall–Kier alpha value is -2.24. The lowest BCUT2D eigenvalue weighted by atomic mass is 10.3. The third-order valence-electron chi connectivity index (χ3n) is 3.55. The molecule has 0 bridgehead atoms. The quantitative estimate of drug-likeness (QED) is 0.178. The first-order valence-electron chi connectivity index (χ1n) is 9.88. The zero-order valence-electron chi connectivity index (χ0n) is 18.1. The zero-order valence-corrected chi connectivity index (χ0v) is 18.1. The normalized spacial score (nSPS) is 10.4. The lowest BCUT2D eigenvalue weighted by molar-refractivity contribution is -0.156. The van der Waals surface area contributed by atoms with Gasteiger partial charge in [0, 0.05) is 27.0 Å². The molecule has 0 saturated carbocycles. The number of carbonyl (C=O) groups is 4. The molecule has 0 aromatic heterocycles. The van der Waals surface area contributed by atoms with Crippen LogP contribution in [0.2, 0.25) is 0 Å². The number of hydrogen-bond donors (Lipinski definition) is 1. The van der Waals surface area contributed by atoms with Crippen LogP contribution in [0.3, 0.4) is 0 Å². The molecule has 0 spiro atoms. The van der Waals surface area contributed by atoms with E-state index in [-0.39, 0.29) is 58.1 Å². The highest BCUT2D eigenvalue weighted by atomic mass is 16.7. The number of amides is 2. The molecule has 0 saturated heterocycles. The maximum absolute atomic E-state index is 12.1. The molecular weight excluding hydrogens is 400 g/mol. The minimum Gasteiger partial charge on any atom is -0.462 e. The van der Waals surface area contributed by atoms with E-state index in [0.717, 1.165) is 0 Å². The van der Waals surface area contributed by atoms with Gasteiger partial charge in [0.25, 0.3) is 0 Å². The van der Waals surface area contributed by atoms with Crippen molar-refractivity contribution in [2.75, 3.05) is 66.6 Å². The number of nitrogens with zero attached hydrogens (tertiary/aromatic N) is 1. The molecule has 0 aromatic rings. The Labute approximate surface area is 177 Å². The van der Waals surface area contributed by atoms with E-state index in [0.29, 0.717) is 32.4 Å². The van der Waals surface area contributed by atoms with Crippen LogP contribution in [0.4, 0.5) is 0 Å². The average Bonchev–Trinajstić information content (AvgIpc) is 2.69. The van der Waals surface area contributed by atoms with E-state index in [9.17, 15) is 19.2 Å². The topological polar surface area (TPSA) is 130 Å². The van der Waals surface area contributed by atoms with Gasteiger partial charge in [-0.3, -0.25) is 9.59 Å². The highest BCUT2D eigenvalue weighted by molar-refractivity contribution is 5.76. The molecule has 11 nitrogen and oxygen atoms in total. The maximum Gasteiger partial charge on any atom is 0.332 e. The van der Waals surface area contributed by atoms with Crippen molar-refractivity contribution >= 4 is 23.8 Å². The Bertz CT molecular complexity index is 514. The van der Waals surface area contributed by atoms with Gasteiger partial charge in [-0.25, -0.2) is 9.59 Å². The lowest BCUT2D eigenvalue weighted by Gasteiger charge is -2.22. The lowest BCUT2D eigenvalue weighted by Crippen LogP contribution is -2.37. The highest BCUT2D eigenvalue weighted by Crippen LogP contribution is 1.99. The van der Waals surface area contributed by atoms with Crippen molar-refractivity contribution in [2.45, 2.75) is 33.1 Å². The molecule has 0 unspecified atom stereocenters. The van der Waals surface area contributed by atoms with Crippen LogP contribution in [0.25, 0.3) is 0 Å². The number of ether oxygens (including phenoxy) is 5. The van der Waals surface area contributed by atoms with E-state index in [1.165, 1.54) is 18.9 Å². The Kier molecular flexibility index (Phi) is 17.4. The molecule has 0 aromatic carbocycles. The summed E-state index contributed by atoms with van der Waals surface area (Å²) in [5.41, 5.74) is 0. The largest absolute Gasteiger partial charge is 0.462 e. The van der Waals surface area contributed by atoms with Gasteiger partial charge < -0.3 is 33.9 Å². The second-order valence-corrected chi connectivity index (χ2v) is 6.22. The summed E-state index contributed by atoms with van der Waals surface area (Å²) in [6.45, 7) is 4.15. The zero-order chi connectivity index (χ0) is 22.6. The molecule has 0 aliphatic carbocycles. The molecule has 0 rings (SSSR count). The van der Waals surface area contributed by atoms with Crippen molar-refractivity contribution in [1.82, 2.24) is 10.2 Å². The molecule has 0 radical (unpaired) electrons. The second-order valence-electron chi connectivity index (χ2n) is 6.22. The van der Waals surface area contributed by atoms with E-state index in [4.69, 9.17) is 18.9 Å². The van der Waals surface area contributed by atoms with Crippen molar-refractivity contribution < 1.29 is 42.9 Å². The van der Waals surface area contributed by atoms with Gasteiger partial charge in [-0.05, 0) is 12.8 Å². The van der Waals surface area contributed by atoms with Gasteiger partial charge in [-0.1, -0.05) is 6.92 Å². The van der Waals surface area contributed by atoms with Crippen LogP contribution in [0.15, 0.2) is 0 Å². The van der Waals surface area contributed by atoms with E-state index in [2.05, 4.69) is 10.1 Å². The summed E-state index contributed by atoms with van der Waals surface area (Å²) in [4.78, 5) is 47.3. The number of carbonyl (C=O) groups excluding carboxylic acids is 4. The van der Waals surface area contributed by atoms with Crippen molar-refractivity contribution in [2.24, 2.45) is 0 Å². The number of nitrogens with one attached hydrogen (secondary N) is 1. The number of hydrogen-bond acceptors (Lipinski definition) is 9. The Morgan fingerprint density at radius 2 is 1.53 bits per heavy atom. The van der Waals surface area contributed by atoms with Crippen molar-refractivity contribution in [1.29, 1.82) is 0 Å². The molecule has 2 amide bonds. The van der Waals surface area contributed by atoms with E-state index in [1.54, 1.807) is 0 Å². The molecule has 0 aliphatic rings. The summed E-state index contributed by atoms with van der Waals surface area (Å²) < 4.78 is 24.9. The van der Waals surface area contributed by atoms with Crippen molar-refractivity contribution in [3.05, 3.63) is 0 Å². The van der Waals surface area contributed by atoms with Crippen LogP contribution < -0.4 is 5.32 Å². The molecule has 174 valence electrons. The van der Waals surface area contributed by atoms with Crippen LogP contribution in [0.5, 0.6) is 0 Å². The minimum absolute atomic E-state index is 0.00123. The predicted molar refractivity (Wildman–Crippen MR) is 105 cm³/mol. The number of rotatable bonds is 18. The van der Waals surface area contributed by atoms with Crippen LogP contribution in [0, 0.1) is 0 Å². The van der Waals surface area contributed by atoms with Crippen LogP contribution in [0.1, 0.15) is 33.1 Å². The fourth-order valence-electron chi connectivity index (χ4n) is 2.16. The van der Waals surface area contributed by atoms with Crippen LogP contribution >= 0.6 is 0 Å². The van der Waals surface area contributed by atoms with Gasteiger partial charge in [-0.2, -0.15) is 0 Å². The Morgan fingerprint density at radius 3 is 2.10 bits per heavy atom. The first-order chi connectivity index (χ1) is 14.4. The maximum atomic E-state index is 12.1.